The van der Waals surface area contributed by atoms with Gasteiger partial charge in [-0.2, -0.15) is 12.8 Å². The van der Waals surface area contributed by atoms with E-state index in [1.54, 1.807) is 0 Å². The Bertz CT molecular complexity index is 75.1. The van der Waals surface area contributed by atoms with Crippen LogP contribution in [0.1, 0.15) is 25.7 Å². The second kappa shape index (κ2) is 3.89. The molecule has 0 amide bonds. The van der Waals surface area contributed by atoms with Crippen LogP contribution in [-0.2, 0) is 0 Å². The summed E-state index contributed by atoms with van der Waals surface area (Å²) in [7, 11) is 0. The van der Waals surface area contributed by atoms with E-state index in [0.29, 0.717) is 12.8 Å². The van der Waals surface area contributed by atoms with E-state index >= 15 is 0 Å². The van der Waals surface area contributed by atoms with Crippen molar-refractivity contribution in [2.24, 2.45) is 0 Å². The zero-order valence-electron chi connectivity index (χ0n) is 5.66. The first-order chi connectivity index (χ1) is 3.71. The second-order valence-corrected chi connectivity index (χ2v) is 2.22. The van der Waals surface area contributed by atoms with E-state index in [9.17, 15) is 8.78 Å². The molecule has 1 aliphatic carbocycles. The summed E-state index contributed by atoms with van der Waals surface area (Å²) in [5.41, 5.74) is 0. The third-order valence-electron chi connectivity index (χ3n) is 1.43. The van der Waals surface area contributed by atoms with E-state index in [1.807, 2.05) is 6.42 Å². The molecule has 1 saturated carbocycles. The molecule has 0 heterocycles. The molecule has 48 valence electrons. The van der Waals surface area contributed by atoms with Crippen molar-refractivity contribution in [3.05, 3.63) is 6.42 Å². The smallest absolute Gasteiger partial charge is 0.328 e. The summed E-state index contributed by atoms with van der Waals surface area (Å²) in [6.45, 7) is 0. The number of hydrogen-bond donors (Lipinski definition) is 0. The largest absolute Gasteiger partial charge is 1.00 e. The van der Waals surface area contributed by atoms with Gasteiger partial charge >= 0.3 is 29.6 Å². The minimum Gasteiger partial charge on any atom is -0.328 e. The maximum atomic E-state index is 12.2. The molecule has 1 fully saturated rings. The molecule has 9 heavy (non-hydrogen) atoms. The summed E-state index contributed by atoms with van der Waals surface area (Å²) in [6, 6.07) is 0. The molecule has 1 rings (SSSR count). The van der Waals surface area contributed by atoms with E-state index in [-0.39, 0.29) is 42.4 Å². The van der Waals surface area contributed by atoms with Crippen LogP contribution in [0.3, 0.4) is 0 Å². The van der Waals surface area contributed by atoms with Crippen molar-refractivity contribution in [3.8, 4) is 0 Å². The van der Waals surface area contributed by atoms with Gasteiger partial charge in [-0.1, -0.05) is 0 Å². The van der Waals surface area contributed by atoms with Gasteiger partial charge in [0.05, 0.1) is 0 Å². The van der Waals surface area contributed by atoms with Gasteiger partial charge in [0.25, 0.3) is 0 Å². The third-order valence-corrected chi connectivity index (χ3v) is 1.43. The van der Waals surface area contributed by atoms with Crippen molar-refractivity contribution in [1.29, 1.82) is 0 Å². The van der Waals surface area contributed by atoms with E-state index in [0.717, 1.165) is 0 Å². The Balaban J connectivity index is 0.000000640. The molecule has 0 aromatic heterocycles. The number of rotatable bonds is 0. The molecule has 0 radical (unpaired) electrons. The number of hydrogen-bond acceptors (Lipinski definition) is 0. The first kappa shape index (κ1) is 9.86. The van der Waals surface area contributed by atoms with Crippen LogP contribution in [0.4, 0.5) is 8.78 Å². The molecular formula is C6H9F2Na. The van der Waals surface area contributed by atoms with Gasteiger partial charge in [0, 0.05) is 0 Å². The summed E-state index contributed by atoms with van der Waals surface area (Å²) in [5, 5.41) is 0. The van der Waals surface area contributed by atoms with Crippen LogP contribution in [-0.4, -0.2) is 5.92 Å². The SMILES string of the molecule is FC1(F)CC[CH-]CC1.[Na+]. The molecule has 0 unspecified atom stereocenters. The van der Waals surface area contributed by atoms with Gasteiger partial charge in [-0.25, -0.2) is 8.78 Å². The van der Waals surface area contributed by atoms with Crippen molar-refractivity contribution in [2.75, 3.05) is 0 Å². The Morgan fingerprint density at radius 3 is 1.78 bits per heavy atom. The minimum absolute atomic E-state index is 0. The van der Waals surface area contributed by atoms with Gasteiger partial charge in [0.2, 0.25) is 5.92 Å². The Morgan fingerprint density at radius 1 is 1.11 bits per heavy atom. The van der Waals surface area contributed by atoms with E-state index < -0.39 is 5.92 Å². The van der Waals surface area contributed by atoms with Gasteiger partial charge in [0.15, 0.2) is 0 Å². The summed E-state index contributed by atoms with van der Waals surface area (Å²) in [4.78, 5) is 0. The maximum absolute atomic E-state index is 12.2. The van der Waals surface area contributed by atoms with Gasteiger partial charge in [-0.3, -0.25) is 0 Å². The number of halogens is 2. The van der Waals surface area contributed by atoms with Crippen molar-refractivity contribution in [1.82, 2.24) is 0 Å². The Kier molecular flexibility index (Phi) is 4.26. The van der Waals surface area contributed by atoms with Crippen LogP contribution in [0, 0.1) is 6.42 Å². The zero-order chi connectivity index (χ0) is 6.04. The molecule has 1 aliphatic rings. The Hall–Kier alpha value is 0.860. The van der Waals surface area contributed by atoms with Gasteiger partial charge in [0.1, 0.15) is 0 Å². The molecule has 0 atom stereocenters. The monoisotopic (exact) mass is 142 g/mol. The first-order valence-electron chi connectivity index (χ1n) is 2.90. The van der Waals surface area contributed by atoms with Crippen molar-refractivity contribution < 1.29 is 38.3 Å². The third kappa shape index (κ3) is 3.54. The Morgan fingerprint density at radius 2 is 1.56 bits per heavy atom. The van der Waals surface area contributed by atoms with Crippen LogP contribution >= 0.6 is 0 Å². The standard InChI is InChI=1S/C6H9F2.Na/c7-6(8)4-2-1-3-5-6;/h1H,2-5H2;/q-1;+1. The van der Waals surface area contributed by atoms with Gasteiger partial charge in [-0.05, 0) is 12.8 Å². The zero-order valence-corrected chi connectivity index (χ0v) is 7.66. The fourth-order valence-electron chi connectivity index (χ4n) is 0.896. The molecule has 0 aromatic carbocycles. The average molecular weight is 142 g/mol. The molecule has 3 heteroatoms. The van der Waals surface area contributed by atoms with Crippen LogP contribution < -0.4 is 29.6 Å². The van der Waals surface area contributed by atoms with E-state index in [4.69, 9.17) is 0 Å². The molecule has 0 nitrogen and oxygen atoms in total. The van der Waals surface area contributed by atoms with Crippen LogP contribution in [0.25, 0.3) is 0 Å². The van der Waals surface area contributed by atoms with Crippen LogP contribution in [0.5, 0.6) is 0 Å². The summed E-state index contributed by atoms with van der Waals surface area (Å²) >= 11 is 0. The van der Waals surface area contributed by atoms with Crippen LogP contribution in [0.2, 0.25) is 0 Å². The predicted molar refractivity (Wildman–Crippen MR) is 27.7 cm³/mol. The van der Waals surface area contributed by atoms with E-state index in [1.165, 1.54) is 0 Å². The molecule has 0 N–H and O–H groups in total. The van der Waals surface area contributed by atoms with Crippen molar-refractivity contribution >= 4 is 0 Å². The van der Waals surface area contributed by atoms with Gasteiger partial charge in [-0.15, -0.1) is 0 Å². The fraction of sp³-hybridized carbons (Fsp3) is 0.833. The van der Waals surface area contributed by atoms with E-state index in [2.05, 4.69) is 0 Å². The molecule has 0 aromatic rings. The van der Waals surface area contributed by atoms with Crippen molar-refractivity contribution in [2.45, 2.75) is 31.6 Å². The van der Waals surface area contributed by atoms with Crippen LogP contribution in [0.15, 0.2) is 0 Å². The summed E-state index contributed by atoms with van der Waals surface area (Å²) in [5.74, 6) is -2.35. The van der Waals surface area contributed by atoms with Crippen molar-refractivity contribution in [3.63, 3.8) is 0 Å². The number of alkyl halides is 2. The maximum Gasteiger partial charge on any atom is 1.00 e. The average Bonchev–Trinajstić information content (AvgIpc) is 1.65. The molecular weight excluding hydrogens is 133 g/mol. The normalized spacial score (nSPS) is 24.7. The topological polar surface area (TPSA) is 0 Å². The molecule has 0 saturated heterocycles. The quantitative estimate of drug-likeness (QED) is 0.313. The van der Waals surface area contributed by atoms with Gasteiger partial charge < -0.3 is 6.42 Å². The summed E-state index contributed by atoms with van der Waals surface area (Å²) < 4.78 is 24.4. The molecule has 0 aliphatic heterocycles. The first-order valence-corrected chi connectivity index (χ1v) is 2.90. The summed E-state index contributed by atoms with van der Waals surface area (Å²) in [6.07, 6.45) is 3.23. The Labute approximate surface area is 76.3 Å². The molecule has 0 bridgehead atoms. The minimum atomic E-state index is -2.35. The predicted octanol–water partition coefficient (Wildman–Crippen LogP) is -0.596. The molecule has 0 spiro atoms. The second-order valence-electron chi connectivity index (χ2n) is 2.22. The fourth-order valence-corrected chi connectivity index (χ4v) is 0.896.